The Morgan fingerprint density at radius 3 is 2.79 bits per heavy atom. The third kappa shape index (κ3) is 1.42. The van der Waals surface area contributed by atoms with Gasteiger partial charge in [-0.25, -0.2) is 0 Å². The van der Waals surface area contributed by atoms with Crippen molar-refractivity contribution in [3.8, 4) is 0 Å². The Kier molecular flexibility index (Phi) is 2.09. The summed E-state index contributed by atoms with van der Waals surface area (Å²) >= 11 is 0. The van der Waals surface area contributed by atoms with E-state index in [1.807, 2.05) is 30.3 Å². The second-order valence-corrected chi connectivity index (χ2v) is 3.42. The summed E-state index contributed by atoms with van der Waals surface area (Å²) in [6.45, 7) is 1.69. The van der Waals surface area contributed by atoms with Crippen LogP contribution in [0.15, 0.2) is 30.3 Å². The summed E-state index contributed by atoms with van der Waals surface area (Å²) in [6, 6.07) is 9.15. The number of carbonyl (C=O) groups is 1. The highest BCUT2D eigenvalue weighted by molar-refractivity contribution is 6.02. The van der Waals surface area contributed by atoms with Crippen molar-refractivity contribution in [1.82, 2.24) is 4.98 Å². The van der Waals surface area contributed by atoms with E-state index < -0.39 is 6.04 Å². The summed E-state index contributed by atoms with van der Waals surface area (Å²) in [7, 11) is 0. The summed E-state index contributed by atoms with van der Waals surface area (Å²) in [5.41, 5.74) is 7.07. The van der Waals surface area contributed by atoms with Crippen LogP contribution in [0.2, 0.25) is 0 Å². The van der Waals surface area contributed by atoms with Gasteiger partial charge in [0.1, 0.15) is 0 Å². The summed E-state index contributed by atoms with van der Waals surface area (Å²) < 4.78 is 0. The molecule has 14 heavy (non-hydrogen) atoms. The Labute approximate surface area is 81.9 Å². The van der Waals surface area contributed by atoms with Crippen molar-refractivity contribution in [2.24, 2.45) is 5.73 Å². The monoisotopic (exact) mass is 188 g/mol. The largest absolute Gasteiger partial charge is 0.352 e. The van der Waals surface area contributed by atoms with Crippen molar-refractivity contribution in [2.45, 2.75) is 13.0 Å². The number of nitrogens with two attached hydrogens (primary N) is 1. The zero-order chi connectivity index (χ0) is 10.1. The number of benzene rings is 1. The van der Waals surface area contributed by atoms with Crippen molar-refractivity contribution in [2.75, 3.05) is 0 Å². The molecule has 0 saturated carbocycles. The van der Waals surface area contributed by atoms with Crippen molar-refractivity contribution < 1.29 is 4.79 Å². The average Bonchev–Trinajstić information content (AvgIpc) is 2.59. The fourth-order valence-electron chi connectivity index (χ4n) is 1.45. The lowest BCUT2D eigenvalue weighted by molar-refractivity contribution is 0.0964. The molecule has 3 N–H and O–H groups in total. The molecule has 0 fully saturated rings. The molecule has 0 aliphatic rings. The van der Waals surface area contributed by atoms with Gasteiger partial charge in [-0.15, -0.1) is 0 Å². The lowest BCUT2D eigenvalue weighted by Crippen LogP contribution is -2.26. The molecule has 1 aromatic carbocycles. The number of aromatic amines is 1. The standard InChI is InChI=1S/C11H12N2O/c1-7(12)11(14)10-6-8-4-2-3-5-9(8)13-10/h2-7,13H,12H2,1H3. The minimum absolute atomic E-state index is 0.0544. The van der Waals surface area contributed by atoms with Gasteiger partial charge in [0.15, 0.2) is 5.78 Å². The van der Waals surface area contributed by atoms with Crippen LogP contribution >= 0.6 is 0 Å². The van der Waals surface area contributed by atoms with Gasteiger partial charge >= 0.3 is 0 Å². The van der Waals surface area contributed by atoms with Gasteiger partial charge in [-0.3, -0.25) is 4.79 Å². The van der Waals surface area contributed by atoms with Crippen molar-refractivity contribution in [3.05, 3.63) is 36.0 Å². The molecular weight excluding hydrogens is 176 g/mol. The maximum atomic E-state index is 11.6. The average molecular weight is 188 g/mol. The molecule has 2 aromatic rings. The first-order valence-corrected chi connectivity index (χ1v) is 4.56. The lowest BCUT2D eigenvalue weighted by Gasteiger charge is -1.99. The van der Waals surface area contributed by atoms with E-state index in [1.54, 1.807) is 6.92 Å². The van der Waals surface area contributed by atoms with Crippen LogP contribution in [-0.2, 0) is 0 Å². The molecule has 0 saturated heterocycles. The Morgan fingerprint density at radius 1 is 1.43 bits per heavy atom. The highest BCUT2D eigenvalue weighted by Gasteiger charge is 2.12. The van der Waals surface area contributed by atoms with Gasteiger partial charge in [-0.2, -0.15) is 0 Å². The first-order chi connectivity index (χ1) is 6.68. The van der Waals surface area contributed by atoms with E-state index in [2.05, 4.69) is 4.98 Å². The van der Waals surface area contributed by atoms with Crippen LogP contribution in [-0.4, -0.2) is 16.8 Å². The second-order valence-electron chi connectivity index (χ2n) is 3.42. The van der Waals surface area contributed by atoms with Crippen LogP contribution < -0.4 is 5.73 Å². The quantitative estimate of drug-likeness (QED) is 0.705. The first-order valence-electron chi connectivity index (χ1n) is 4.56. The number of H-pyrrole nitrogens is 1. The van der Waals surface area contributed by atoms with E-state index in [-0.39, 0.29) is 5.78 Å². The molecule has 0 bridgehead atoms. The molecular formula is C11H12N2O. The summed E-state index contributed by atoms with van der Waals surface area (Å²) in [5, 5.41) is 1.04. The molecule has 0 aliphatic carbocycles. The molecule has 0 spiro atoms. The first kappa shape index (κ1) is 8.97. The number of ketones is 1. The van der Waals surface area contributed by atoms with Gasteiger partial charge in [-0.1, -0.05) is 18.2 Å². The fraction of sp³-hybridized carbons (Fsp3) is 0.182. The number of para-hydroxylation sites is 1. The molecule has 1 aromatic heterocycles. The highest BCUT2D eigenvalue weighted by atomic mass is 16.1. The minimum Gasteiger partial charge on any atom is -0.352 e. The topological polar surface area (TPSA) is 58.9 Å². The van der Waals surface area contributed by atoms with Crippen LogP contribution in [0, 0.1) is 0 Å². The third-order valence-corrected chi connectivity index (χ3v) is 2.21. The van der Waals surface area contributed by atoms with Crippen molar-refractivity contribution >= 4 is 16.7 Å². The molecule has 2 rings (SSSR count). The molecule has 3 nitrogen and oxygen atoms in total. The maximum Gasteiger partial charge on any atom is 0.195 e. The number of nitrogens with one attached hydrogen (secondary N) is 1. The maximum absolute atomic E-state index is 11.6. The Morgan fingerprint density at radius 2 is 2.14 bits per heavy atom. The van der Waals surface area contributed by atoms with Crippen molar-refractivity contribution in [1.29, 1.82) is 0 Å². The van der Waals surface area contributed by atoms with Crippen LogP contribution in [0.4, 0.5) is 0 Å². The summed E-state index contributed by atoms with van der Waals surface area (Å²) in [4.78, 5) is 14.6. The van der Waals surface area contributed by atoms with E-state index >= 15 is 0 Å². The van der Waals surface area contributed by atoms with Gasteiger partial charge in [0.05, 0.1) is 11.7 Å². The Balaban J connectivity index is 2.50. The van der Waals surface area contributed by atoms with Crippen LogP contribution in [0.1, 0.15) is 17.4 Å². The Bertz CT molecular complexity index is 438. The van der Waals surface area contributed by atoms with E-state index in [1.165, 1.54) is 0 Å². The van der Waals surface area contributed by atoms with Gasteiger partial charge in [0.2, 0.25) is 0 Å². The van der Waals surface area contributed by atoms with E-state index in [9.17, 15) is 4.79 Å². The predicted molar refractivity (Wildman–Crippen MR) is 56.3 cm³/mol. The van der Waals surface area contributed by atoms with Crippen LogP contribution in [0.25, 0.3) is 10.9 Å². The predicted octanol–water partition coefficient (Wildman–Crippen LogP) is 1.70. The lowest BCUT2D eigenvalue weighted by atomic mass is 10.1. The SMILES string of the molecule is CC(N)C(=O)c1cc2ccccc2[nH]1. The second kappa shape index (κ2) is 3.27. The van der Waals surface area contributed by atoms with Crippen LogP contribution in [0.5, 0.6) is 0 Å². The summed E-state index contributed by atoms with van der Waals surface area (Å²) in [6.07, 6.45) is 0. The molecule has 1 unspecified atom stereocenters. The van der Waals surface area contributed by atoms with Crippen molar-refractivity contribution in [3.63, 3.8) is 0 Å². The zero-order valence-corrected chi connectivity index (χ0v) is 7.95. The fourth-order valence-corrected chi connectivity index (χ4v) is 1.45. The van der Waals surface area contributed by atoms with E-state index in [4.69, 9.17) is 5.73 Å². The number of hydrogen-bond donors (Lipinski definition) is 2. The van der Waals surface area contributed by atoms with E-state index in [0.29, 0.717) is 5.69 Å². The number of rotatable bonds is 2. The molecule has 0 radical (unpaired) electrons. The number of fused-ring (bicyclic) bond motifs is 1. The number of carbonyl (C=O) groups excluding carboxylic acids is 1. The molecule has 3 heteroatoms. The summed E-state index contributed by atoms with van der Waals surface area (Å²) in [5.74, 6) is -0.0544. The zero-order valence-electron chi connectivity index (χ0n) is 7.95. The molecule has 1 atom stereocenters. The molecule has 72 valence electrons. The van der Waals surface area contributed by atoms with Crippen LogP contribution in [0.3, 0.4) is 0 Å². The number of hydrogen-bond acceptors (Lipinski definition) is 2. The van der Waals surface area contributed by atoms with Gasteiger partial charge in [-0.05, 0) is 19.1 Å². The Hall–Kier alpha value is -1.61. The number of Topliss-reactive ketones (excluding diaryl/α,β-unsaturated/α-hetero) is 1. The highest BCUT2D eigenvalue weighted by Crippen LogP contribution is 2.15. The van der Waals surface area contributed by atoms with E-state index in [0.717, 1.165) is 10.9 Å². The molecule has 1 heterocycles. The molecule has 0 aliphatic heterocycles. The van der Waals surface area contributed by atoms with Gasteiger partial charge in [0.25, 0.3) is 0 Å². The molecule has 0 amide bonds. The normalized spacial score (nSPS) is 13.0. The number of aromatic nitrogens is 1. The van der Waals surface area contributed by atoms with Gasteiger partial charge < -0.3 is 10.7 Å². The minimum atomic E-state index is -0.455. The smallest absolute Gasteiger partial charge is 0.195 e. The van der Waals surface area contributed by atoms with Gasteiger partial charge in [0, 0.05) is 10.9 Å². The third-order valence-electron chi connectivity index (χ3n) is 2.21.